The number of hydrogen-bond donors (Lipinski definition) is 3. The summed E-state index contributed by atoms with van der Waals surface area (Å²) in [7, 11) is 0. The molecule has 0 aliphatic carbocycles. The van der Waals surface area contributed by atoms with Gasteiger partial charge in [0.1, 0.15) is 0 Å². The molecule has 1 amide bonds. The van der Waals surface area contributed by atoms with Crippen molar-refractivity contribution >= 4 is 50.9 Å². The maximum Gasteiger partial charge on any atom is 0.303 e. The molecule has 8 nitrogen and oxygen atoms in total. The lowest BCUT2D eigenvalue weighted by Crippen LogP contribution is -2.31. The van der Waals surface area contributed by atoms with Gasteiger partial charge in [-0.05, 0) is 41.8 Å². The van der Waals surface area contributed by atoms with E-state index in [1.54, 1.807) is 29.2 Å². The number of ether oxygens (including phenoxy) is 2. The third kappa shape index (κ3) is 7.47. The van der Waals surface area contributed by atoms with E-state index in [0.717, 1.165) is 31.2 Å². The normalized spacial score (nSPS) is 19.0. The Labute approximate surface area is 240 Å². The Balaban J connectivity index is 1.31. The third-order valence-corrected chi connectivity index (χ3v) is 8.83. The third-order valence-electron chi connectivity index (χ3n) is 6.52. The largest absolute Gasteiger partial charge is 0.481 e. The summed E-state index contributed by atoms with van der Waals surface area (Å²) in [5.74, 6) is -0.459. The van der Waals surface area contributed by atoms with Gasteiger partial charge >= 0.3 is 5.97 Å². The van der Waals surface area contributed by atoms with E-state index in [2.05, 4.69) is 11.4 Å². The molecule has 0 radical (unpaired) electrons. The van der Waals surface area contributed by atoms with Crippen molar-refractivity contribution in [1.82, 2.24) is 4.98 Å². The first-order valence-corrected chi connectivity index (χ1v) is 14.9. The second-order valence-corrected chi connectivity index (χ2v) is 11.8. The summed E-state index contributed by atoms with van der Waals surface area (Å²) in [6.07, 6.45) is 0.0290. The van der Waals surface area contributed by atoms with E-state index in [-0.39, 0.29) is 44.0 Å². The Morgan fingerprint density at radius 1 is 1.00 bits per heavy atom. The number of nitrogens with one attached hydrogen (secondary N) is 1. The van der Waals surface area contributed by atoms with Crippen molar-refractivity contribution in [3.63, 3.8) is 0 Å². The summed E-state index contributed by atoms with van der Waals surface area (Å²) in [5, 5.41) is 21.1. The zero-order valence-electron chi connectivity index (χ0n) is 21.7. The first kappa shape index (κ1) is 28.3. The van der Waals surface area contributed by atoms with Crippen LogP contribution in [0.25, 0.3) is 10.2 Å². The number of carboxylic acids is 1. The number of anilines is 1. The van der Waals surface area contributed by atoms with Crippen LogP contribution in [0.3, 0.4) is 0 Å². The highest BCUT2D eigenvalue weighted by Gasteiger charge is 2.32. The van der Waals surface area contributed by atoms with E-state index in [1.165, 1.54) is 0 Å². The number of aliphatic hydroxyl groups excluding tert-OH is 1. The molecular weight excluding hydrogens is 548 g/mol. The van der Waals surface area contributed by atoms with Crippen molar-refractivity contribution in [3.8, 4) is 0 Å². The van der Waals surface area contributed by atoms with Crippen LogP contribution in [0.5, 0.6) is 0 Å². The van der Waals surface area contributed by atoms with Crippen molar-refractivity contribution in [2.24, 2.45) is 0 Å². The Kier molecular flexibility index (Phi) is 9.45. The number of amides is 1. The minimum atomic E-state index is -0.919. The summed E-state index contributed by atoms with van der Waals surface area (Å²) in [6, 6.07) is 23.2. The van der Waals surface area contributed by atoms with Gasteiger partial charge in [-0.2, -0.15) is 0 Å². The van der Waals surface area contributed by atoms with Gasteiger partial charge < -0.3 is 25.0 Å². The Morgan fingerprint density at radius 2 is 1.82 bits per heavy atom. The lowest BCUT2D eigenvalue weighted by atomic mass is 10.0. The number of para-hydroxylation sites is 1. The fraction of sp³-hybridized carbons (Fsp3) is 0.300. The number of benzene rings is 3. The molecule has 10 heteroatoms. The second kappa shape index (κ2) is 13.4. The molecule has 4 aromatic rings. The number of aliphatic hydroxyl groups is 1. The molecule has 0 spiro atoms. The number of rotatable bonds is 11. The summed E-state index contributed by atoms with van der Waals surface area (Å²) in [4.78, 5) is 27.8. The van der Waals surface area contributed by atoms with Crippen LogP contribution in [0.15, 0.2) is 77.1 Å². The van der Waals surface area contributed by atoms with Crippen LogP contribution in [0.1, 0.15) is 54.8 Å². The molecule has 40 heavy (non-hydrogen) atoms. The number of hydrogen-bond acceptors (Lipinski definition) is 8. The molecule has 1 unspecified atom stereocenters. The first-order chi connectivity index (χ1) is 19.5. The van der Waals surface area contributed by atoms with Crippen molar-refractivity contribution in [1.29, 1.82) is 0 Å². The highest BCUT2D eigenvalue weighted by molar-refractivity contribution is 8.01. The zero-order valence-corrected chi connectivity index (χ0v) is 23.3. The van der Waals surface area contributed by atoms with Gasteiger partial charge in [-0.25, -0.2) is 4.98 Å². The van der Waals surface area contributed by atoms with Gasteiger partial charge in [0.15, 0.2) is 10.6 Å². The molecule has 0 saturated carbocycles. The monoisotopic (exact) mass is 578 g/mol. The van der Waals surface area contributed by atoms with Crippen molar-refractivity contribution in [2.45, 2.75) is 55.1 Å². The topological polar surface area (TPSA) is 118 Å². The molecule has 1 fully saturated rings. The number of carbonyl (C=O) groups excluding carboxylic acids is 1. The first-order valence-electron chi connectivity index (χ1n) is 13.1. The maximum absolute atomic E-state index is 12.3. The van der Waals surface area contributed by atoms with E-state index in [4.69, 9.17) is 19.6 Å². The van der Waals surface area contributed by atoms with Gasteiger partial charge in [-0.15, -0.1) is 11.3 Å². The van der Waals surface area contributed by atoms with Crippen LogP contribution < -0.4 is 5.32 Å². The highest BCUT2D eigenvalue weighted by Crippen LogP contribution is 2.40. The molecule has 208 valence electrons. The number of carboxylic acid groups (broad SMARTS) is 1. The van der Waals surface area contributed by atoms with Crippen LogP contribution in [0.2, 0.25) is 0 Å². The number of aromatic nitrogens is 1. The minimum absolute atomic E-state index is 0.0200. The lowest BCUT2D eigenvalue weighted by Gasteiger charge is -2.36. The Bertz CT molecular complexity index is 1430. The average Bonchev–Trinajstić information content (AvgIpc) is 3.39. The number of thiazole rings is 1. The van der Waals surface area contributed by atoms with E-state index in [1.807, 2.05) is 60.7 Å². The predicted octanol–water partition coefficient (Wildman–Crippen LogP) is 6.32. The fourth-order valence-electron chi connectivity index (χ4n) is 4.49. The van der Waals surface area contributed by atoms with E-state index >= 15 is 0 Å². The van der Waals surface area contributed by atoms with Gasteiger partial charge in [0.25, 0.3) is 0 Å². The van der Waals surface area contributed by atoms with E-state index < -0.39 is 12.3 Å². The highest BCUT2D eigenvalue weighted by atomic mass is 32.2. The number of fused-ring (bicyclic) bond motifs is 1. The van der Waals surface area contributed by atoms with Gasteiger partial charge in [0.05, 0.1) is 29.0 Å². The van der Waals surface area contributed by atoms with Crippen molar-refractivity contribution < 1.29 is 29.3 Å². The van der Waals surface area contributed by atoms with Gasteiger partial charge in [-0.3, -0.25) is 9.59 Å². The average molecular weight is 579 g/mol. The molecule has 1 aliphatic rings. The molecule has 3 N–H and O–H groups in total. The Morgan fingerprint density at radius 3 is 2.60 bits per heavy atom. The minimum Gasteiger partial charge on any atom is -0.481 e. The van der Waals surface area contributed by atoms with Crippen LogP contribution in [-0.4, -0.2) is 38.9 Å². The fourth-order valence-corrected chi connectivity index (χ4v) is 6.60. The number of thioether (sulfide) groups is 1. The maximum atomic E-state index is 12.3. The van der Waals surface area contributed by atoms with Gasteiger partial charge in [-0.1, -0.05) is 60.3 Å². The Hall–Kier alpha value is -3.28. The number of nitrogens with zero attached hydrogens (tertiary/aromatic N) is 1. The smallest absolute Gasteiger partial charge is 0.303 e. The van der Waals surface area contributed by atoms with Crippen LogP contribution in [0, 0.1) is 0 Å². The van der Waals surface area contributed by atoms with Crippen LogP contribution in [-0.2, 0) is 25.7 Å². The van der Waals surface area contributed by atoms with Crippen molar-refractivity contribution in [2.75, 3.05) is 11.1 Å². The van der Waals surface area contributed by atoms with Crippen molar-refractivity contribution in [3.05, 3.63) is 89.5 Å². The predicted molar refractivity (Wildman–Crippen MR) is 155 cm³/mol. The molecule has 1 aliphatic heterocycles. The van der Waals surface area contributed by atoms with E-state index in [0.29, 0.717) is 17.9 Å². The summed E-state index contributed by atoms with van der Waals surface area (Å²) in [6.45, 7) is -0.0200. The number of aliphatic carboxylic acids is 1. The van der Waals surface area contributed by atoms with Crippen LogP contribution in [0.4, 0.5) is 5.69 Å². The SMILES string of the molecule is O=C(O)CCCC(=O)Nc1cccc(C2O[C@H](CSc3nc4ccccc4s3)C[C@H](c3ccc(CO)cc3)O2)c1. The molecule has 1 aromatic heterocycles. The summed E-state index contributed by atoms with van der Waals surface area (Å²) in [5.41, 5.74) is 4.20. The molecular formula is C30H30N2O6S2. The molecule has 0 bridgehead atoms. The second-order valence-electron chi connectivity index (χ2n) is 9.53. The summed E-state index contributed by atoms with van der Waals surface area (Å²) < 4.78 is 15.0. The van der Waals surface area contributed by atoms with Gasteiger partial charge in [0, 0.05) is 36.3 Å². The van der Waals surface area contributed by atoms with Gasteiger partial charge in [0.2, 0.25) is 5.91 Å². The molecule has 2 heterocycles. The van der Waals surface area contributed by atoms with E-state index in [9.17, 15) is 14.7 Å². The van der Waals surface area contributed by atoms with Crippen LogP contribution >= 0.6 is 23.1 Å². The molecule has 1 saturated heterocycles. The molecule has 3 aromatic carbocycles. The molecule has 3 atom stereocenters. The standard InChI is InChI=1S/C30H30N2O6S2/c33-17-19-11-13-20(14-12-19)25-16-23(18-39-30-32-24-7-1-2-8-26(24)40-30)37-29(38-25)21-5-3-6-22(15-21)31-27(34)9-4-10-28(35)36/h1-3,5-8,11-15,23,25,29,33H,4,9-10,16-18H2,(H,31,34)(H,35,36)/t23-,25+,29?/m0/s1. The zero-order chi connectivity index (χ0) is 27.9. The lowest BCUT2D eigenvalue weighted by molar-refractivity contribution is -0.245. The molecule has 5 rings (SSSR count). The summed E-state index contributed by atoms with van der Waals surface area (Å²) >= 11 is 3.34. The quantitative estimate of drug-likeness (QED) is 0.177. The number of carbonyl (C=O) groups is 2.